The molecule has 0 aliphatic carbocycles. The van der Waals surface area contributed by atoms with Gasteiger partial charge in [-0.3, -0.25) is 37.3 Å². The van der Waals surface area contributed by atoms with Crippen LogP contribution in [-0.4, -0.2) is 96.7 Å². The van der Waals surface area contributed by atoms with E-state index in [-0.39, 0.29) is 25.7 Å². The summed E-state index contributed by atoms with van der Waals surface area (Å²) in [7, 11) is -9.92. The molecule has 102 heavy (non-hydrogen) atoms. The first-order chi connectivity index (χ1) is 49.2. The number of hydrogen-bond donors (Lipinski definition) is 3. The maximum Gasteiger partial charge on any atom is 0.472 e. The van der Waals surface area contributed by atoms with Crippen LogP contribution in [-0.2, 0) is 65.4 Å². The summed E-state index contributed by atoms with van der Waals surface area (Å²) in [6.07, 6.45) is 59.7. The summed E-state index contributed by atoms with van der Waals surface area (Å²) in [5, 5.41) is 10.7. The standard InChI is InChI=1S/C83H162O17P2/c1-9-75(7)61-53-45-37-31-25-19-15-13-11-12-14-16-20-26-33-39-49-57-65-83(88)100-79(70-94-81(86)64-56-48-42-41-46-54-62-76(8)10-2)72-98-102(91,92)96-68-77(84)67-95-101(89,90)97-71-78(69-93-80(85)63-55-47-38-32-28-22-24-30-36-44-52-60-74(5)6)99-82(87)66-58-50-40-34-27-21-17-18-23-29-35-43-51-59-73(3)4/h73-79,84H,9-72H2,1-8H3,(H,89,90)(H,91,92)/t75?,76?,77-,78-,79-/m1/s1. The Kier molecular flexibility index (Phi) is 70.6. The molecule has 0 aliphatic rings. The minimum atomic E-state index is -4.96. The fourth-order valence-corrected chi connectivity index (χ4v) is 14.3. The molecule has 0 amide bonds. The van der Waals surface area contributed by atoms with Crippen molar-refractivity contribution in [3.8, 4) is 0 Å². The van der Waals surface area contributed by atoms with E-state index in [4.69, 9.17) is 37.0 Å². The summed E-state index contributed by atoms with van der Waals surface area (Å²) in [5.74, 6) is 1.05. The number of phosphoric ester groups is 2. The molecule has 0 saturated heterocycles. The molecule has 0 rings (SSSR count). The number of hydrogen-bond acceptors (Lipinski definition) is 15. The second-order valence-electron chi connectivity index (χ2n) is 31.3. The van der Waals surface area contributed by atoms with Crippen LogP contribution in [0, 0.1) is 23.7 Å². The van der Waals surface area contributed by atoms with Crippen molar-refractivity contribution in [1.82, 2.24) is 0 Å². The molecule has 7 atom stereocenters. The highest BCUT2D eigenvalue weighted by Crippen LogP contribution is 2.45. The van der Waals surface area contributed by atoms with Gasteiger partial charge in [0.05, 0.1) is 26.4 Å². The van der Waals surface area contributed by atoms with Crippen LogP contribution < -0.4 is 0 Å². The first-order valence-electron chi connectivity index (χ1n) is 42.8. The third kappa shape index (κ3) is 73.6. The number of aliphatic hydroxyl groups excluding tert-OH is 1. The van der Waals surface area contributed by atoms with E-state index in [1.807, 2.05) is 0 Å². The van der Waals surface area contributed by atoms with Crippen molar-refractivity contribution in [3.05, 3.63) is 0 Å². The van der Waals surface area contributed by atoms with Gasteiger partial charge in [-0.25, -0.2) is 9.13 Å². The highest BCUT2D eigenvalue weighted by atomic mass is 31.2. The Hall–Kier alpha value is -1.94. The van der Waals surface area contributed by atoms with Gasteiger partial charge in [-0.15, -0.1) is 0 Å². The maximum absolute atomic E-state index is 13.1. The monoisotopic (exact) mass is 1490 g/mol. The molecular formula is C83H162O17P2. The number of esters is 4. The van der Waals surface area contributed by atoms with Crippen molar-refractivity contribution in [2.24, 2.45) is 23.7 Å². The molecule has 0 radical (unpaired) electrons. The second kappa shape index (κ2) is 72.0. The van der Waals surface area contributed by atoms with Crippen LogP contribution >= 0.6 is 15.6 Å². The van der Waals surface area contributed by atoms with Gasteiger partial charge in [0.15, 0.2) is 12.2 Å². The quantitative estimate of drug-likeness (QED) is 0.0222. The van der Waals surface area contributed by atoms with Crippen LogP contribution in [0.1, 0.15) is 428 Å². The predicted molar refractivity (Wildman–Crippen MR) is 418 cm³/mol. The third-order valence-electron chi connectivity index (χ3n) is 20.0. The lowest BCUT2D eigenvalue weighted by Crippen LogP contribution is -2.30. The van der Waals surface area contributed by atoms with Crippen molar-refractivity contribution in [2.75, 3.05) is 39.6 Å². The van der Waals surface area contributed by atoms with E-state index >= 15 is 0 Å². The van der Waals surface area contributed by atoms with Gasteiger partial charge < -0.3 is 33.8 Å². The topological polar surface area (TPSA) is 237 Å². The van der Waals surface area contributed by atoms with Crippen molar-refractivity contribution >= 4 is 39.5 Å². The number of rotatable bonds is 80. The van der Waals surface area contributed by atoms with E-state index in [1.165, 1.54) is 225 Å². The average molecular weight is 1490 g/mol. The summed E-state index contributed by atoms with van der Waals surface area (Å²) in [6, 6.07) is 0. The van der Waals surface area contributed by atoms with Crippen molar-refractivity contribution < 1.29 is 80.2 Å². The molecule has 0 fully saturated rings. The highest BCUT2D eigenvalue weighted by Gasteiger charge is 2.30. The number of unbranched alkanes of at least 4 members (excludes halogenated alkanes) is 44. The van der Waals surface area contributed by atoms with Crippen LogP contribution in [0.3, 0.4) is 0 Å². The molecule has 0 aromatic carbocycles. The lowest BCUT2D eigenvalue weighted by Gasteiger charge is -2.21. The van der Waals surface area contributed by atoms with Crippen molar-refractivity contribution in [1.29, 1.82) is 0 Å². The Morgan fingerprint density at radius 3 is 0.696 bits per heavy atom. The van der Waals surface area contributed by atoms with E-state index in [0.29, 0.717) is 25.7 Å². The molecule has 19 heteroatoms. The molecule has 17 nitrogen and oxygen atoms in total. The Labute approximate surface area is 626 Å². The van der Waals surface area contributed by atoms with Crippen LogP contribution in [0.2, 0.25) is 0 Å². The van der Waals surface area contributed by atoms with Crippen molar-refractivity contribution in [2.45, 2.75) is 446 Å². The minimum Gasteiger partial charge on any atom is -0.462 e. The molecule has 0 aromatic heterocycles. The summed E-state index contributed by atoms with van der Waals surface area (Å²) in [4.78, 5) is 73.1. The number of phosphoric acid groups is 2. The molecule has 3 N–H and O–H groups in total. The maximum atomic E-state index is 13.1. The van der Waals surface area contributed by atoms with Gasteiger partial charge in [-0.2, -0.15) is 0 Å². The Morgan fingerprint density at radius 2 is 0.471 bits per heavy atom. The lowest BCUT2D eigenvalue weighted by molar-refractivity contribution is -0.161. The summed E-state index contributed by atoms with van der Waals surface area (Å²) < 4.78 is 68.8. The zero-order chi connectivity index (χ0) is 75.3. The normalized spacial score (nSPS) is 14.5. The van der Waals surface area contributed by atoms with Crippen LogP contribution in [0.25, 0.3) is 0 Å². The molecule has 0 aromatic rings. The van der Waals surface area contributed by atoms with Gasteiger partial charge in [-0.05, 0) is 49.4 Å². The summed E-state index contributed by atoms with van der Waals surface area (Å²) >= 11 is 0. The van der Waals surface area contributed by atoms with Gasteiger partial charge in [0.25, 0.3) is 0 Å². The molecule has 0 saturated carbocycles. The summed E-state index contributed by atoms with van der Waals surface area (Å²) in [5.41, 5.74) is 0. The van der Waals surface area contributed by atoms with Gasteiger partial charge in [0, 0.05) is 25.7 Å². The fraction of sp³-hybridized carbons (Fsp3) is 0.952. The number of carbonyl (C=O) groups is 4. The van der Waals surface area contributed by atoms with Gasteiger partial charge in [-0.1, -0.05) is 376 Å². The van der Waals surface area contributed by atoms with Gasteiger partial charge in [0.1, 0.15) is 19.3 Å². The minimum absolute atomic E-state index is 0.107. The molecule has 0 heterocycles. The zero-order valence-electron chi connectivity index (χ0n) is 67.2. The largest absolute Gasteiger partial charge is 0.472 e. The SMILES string of the molecule is CCC(C)CCCCCCCCCCCCCCCCCCCCC(=O)O[C@H](COC(=O)CCCCCCCCC(C)CC)COP(=O)(O)OC[C@H](O)COP(=O)(O)OC[C@@H](COC(=O)CCCCCCCCCCCCCC(C)C)OC(=O)CCCCCCCCCCCCCCCC(C)C. The van der Waals surface area contributed by atoms with Gasteiger partial charge in [0.2, 0.25) is 0 Å². The average Bonchev–Trinajstić information content (AvgIpc) is 0.963. The molecule has 0 spiro atoms. The highest BCUT2D eigenvalue weighted by molar-refractivity contribution is 7.47. The number of carbonyl (C=O) groups excluding carboxylic acids is 4. The summed E-state index contributed by atoms with van der Waals surface area (Å²) in [6.45, 7) is 14.3. The Balaban J connectivity index is 5.20. The fourth-order valence-electron chi connectivity index (χ4n) is 12.7. The molecule has 0 bridgehead atoms. The molecule has 4 unspecified atom stereocenters. The second-order valence-corrected chi connectivity index (χ2v) is 34.2. The molecule has 606 valence electrons. The first kappa shape index (κ1) is 100. The van der Waals surface area contributed by atoms with Crippen LogP contribution in [0.4, 0.5) is 0 Å². The van der Waals surface area contributed by atoms with Crippen LogP contribution in [0.5, 0.6) is 0 Å². The van der Waals surface area contributed by atoms with E-state index in [1.54, 1.807) is 0 Å². The Bertz CT molecular complexity index is 1990. The number of ether oxygens (including phenoxy) is 4. The lowest BCUT2D eigenvalue weighted by atomic mass is 9.99. The smallest absolute Gasteiger partial charge is 0.462 e. The van der Waals surface area contributed by atoms with E-state index in [0.717, 1.165) is 120 Å². The molecule has 0 aliphatic heterocycles. The Morgan fingerprint density at radius 1 is 0.275 bits per heavy atom. The van der Waals surface area contributed by atoms with Crippen molar-refractivity contribution in [3.63, 3.8) is 0 Å². The van der Waals surface area contributed by atoms with E-state index in [2.05, 4.69) is 55.4 Å². The molecular weight excluding hydrogens is 1330 g/mol. The van der Waals surface area contributed by atoms with Gasteiger partial charge >= 0.3 is 39.5 Å². The number of aliphatic hydroxyl groups is 1. The van der Waals surface area contributed by atoms with E-state index in [9.17, 15) is 43.2 Å². The van der Waals surface area contributed by atoms with Crippen LogP contribution in [0.15, 0.2) is 0 Å². The first-order valence-corrected chi connectivity index (χ1v) is 45.8. The zero-order valence-corrected chi connectivity index (χ0v) is 69.0. The van der Waals surface area contributed by atoms with E-state index < -0.39 is 97.5 Å². The third-order valence-corrected chi connectivity index (χ3v) is 21.9. The predicted octanol–water partition coefficient (Wildman–Crippen LogP) is 24.8.